The lowest BCUT2D eigenvalue weighted by atomic mass is 10.0. The first-order valence-corrected chi connectivity index (χ1v) is 8.15. The fourth-order valence-electron chi connectivity index (χ4n) is 2.95. The monoisotopic (exact) mass is 368 g/mol. The maximum absolute atomic E-state index is 14.3. The Morgan fingerprint density at radius 2 is 1.62 bits per heavy atom. The van der Waals surface area contributed by atoms with Crippen molar-refractivity contribution in [2.45, 2.75) is 0 Å². The van der Waals surface area contributed by atoms with E-state index in [1.165, 1.54) is 22.9 Å². The van der Waals surface area contributed by atoms with Gasteiger partial charge in [0, 0.05) is 23.3 Å². The van der Waals surface area contributed by atoms with Gasteiger partial charge in [-0.15, -0.1) is 0 Å². The Hall–Kier alpha value is -3.05. The molecule has 0 aliphatic carbocycles. The van der Waals surface area contributed by atoms with Crippen LogP contribution in [0, 0.1) is 11.6 Å². The molecule has 26 heavy (non-hydrogen) atoms. The standard InChI is InChI=1S/C20H11ClF2N2O/c21-18-10-17-12(11-24-18)9-14(19-15(22)7-4-8-16(19)23)20(26)25(17)13-5-2-1-3-6-13/h1-11H. The summed E-state index contributed by atoms with van der Waals surface area (Å²) in [6, 6.07) is 15.3. The second-order valence-corrected chi connectivity index (χ2v) is 6.08. The van der Waals surface area contributed by atoms with Gasteiger partial charge in [0.15, 0.2) is 0 Å². The summed E-state index contributed by atoms with van der Waals surface area (Å²) in [5, 5.41) is 0.752. The Balaban J connectivity index is 2.17. The van der Waals surface area contributed by atoms with E-state index in [1.54, 1.807) is 30.3 Å². The van der Waals surface area contributed by atoms with Crippen LogP contribution in [0.1, 0.15) is 0 Å². The van der Waals surface area contributed by atoms with Gasteiger partial charge in [-0.05, 0) is 30.3 Å². The molecule has 4 aromatic rings. The highest BCUT2D eigenvalue weighted by Crippen LogP contribution is 2.28. The van der Waals surface area contributed by atoms with Gasteiger partial charge in [-0.25, -0.2) is 13.8 Å². The highest BCUT2D eigenvalue weighted by molar-refractivity contribution is 6.30. The average molecular weight is 369 g/mol. The number of hydrogen-bond donors (Lipinski definition) is 0. The number of benzene rings is 2. The molecule has 0 amide bonds. The minimum Gasteiger partial charge on any atom is -0.276 e. The molecule has 0 aliphatic rings. The third kappa shape index (κ3) is 2.66. The van der Waals surface area contributed by atoms with Crippen LogP contribution in [-0.2, 0) is 0 Å². The largest absolute Gasteiger partial charge is 0.276 e. The predicted molar refractivity (Wildman–Crippen MR) is 97.7 cm³/mol. The summed E-state index contributed by atoms with van der Waals surface area (Å²) >= 11 is 5.99. The first-order valence-electron chi connectivity index (χ1n) is 7.77. The molecule has 0 atom stereocenters. The van der Waals surface area contributed by atoms with Crippen LogP contribution in [0.15, 0.2) is 71.7 Å². The van der Waals surface area contributed by atoms with E-state index in [-0.39, 0.29) is 16.3 Å². The van der Waals surface area contributed by atoms with Crippen LogP contribution in [0.25, 0.3) is 27.7 Å². The average Bonchev–Trinajstić information content (AvgIpc) is 2.63. The molecule has 0 radical (unpaired) electrons. The fourth-order valence-corrected chi connectivity index (χ4v) is 3.10. The lowest BCUT2D eigenvalue weighted by Crippen LogP contribution is -2.21. The zero-order valence-electron chi connectivity index (χ0n) is 13.3. The molecule has 4 rings (SSSR count). The van der Waals surface area contributed by atoms with E-state index < -0.39 is 17.2 Å². The van der Waals surface area contributed by atoms with Crippen molar-refractivity contribution in [1.29, 1.82) is 0 Å². The first-order chi connectivity index (χ1) is 12.6. The number of fused-ring (bicyclic) bond motifs is 1. The van der Waals surface area contributed by atoms with E-state index in [0.29, 0.717) is 16.6 Å². The van der Waals surface area contributed by atoms with Crippen molar-refractivity contribution in [1.82, 2.24) is 9.55 Å². The quantitative estimate of drug-likeness (QED) is 0.467. The van der Waals surface area contributed by atoms with Crippen molar-refractivity contribution in [2.75, 3.05) is 0 Å². The van der Waals surface area contributed by atoms with Crippen LogP contribution in [0.3, 0.4) is 0 Å². The molecule has 2 aromatic carbocycles. The van der Waals surface area contributed by atoms with Gasteiger partial charge in [0.25, 0.3) is 5.56 Å². The Morgan fingerprint density at radius 3 is 2.31 bits per heavy atom. The molecule has 0 saturated heterocycles. The number of para-hydroxylation sites is 1. The van der Waals surface area contributed by atoms with Crippen molar-refractivity contribution in [2.24, 2.45) is 0 Å². The van der Waals surface area contributed by atoms with Crippen LogP contribution in [0.4, 0.5) is 8.78 Å². The van der Waals surface area contributed by atoms with Crippen LogP contribution in [0.2, 0.25) is 5.15 Å². The molecule has 0 fully saturated rings. The zero-order valence-corrected chi connectivity index (χ0v) is 14.0. The van der Waals surface area contributed by atoms with Gasteiger partial charge in [0.1, 0.15) is 16.8 Å². The predicted octanol–water partition coefficient (Wildman–Crippen LogP) is 4.98. The summed E-state index contributed by atoms with van der Waals surface area (Å²) in [6.07, 6.45) is 1.47. The lowest BCUT2D eigenvalue weighted by molar-refractivity contribution is 0.589. The Labute approximate surface area is 152 Å². The number of pyridine rings is 2. The molecular formula is C20H11ClF2N2O. The van der Waals surface area contributed by atoms with E-state index in [2.05, 4.69) is 4.98 Å². The Kier molecular flexibility index (Phi) is 4.01. The molecule has 2 aromatic heterocycles. The van der Waals surface area contributed by atoms with Gasteiger partial charge < -0.3 is 0 Å². The number of aromatic nitrogens is 2. The minimum absolute atomic E-state index is 0.0823. The number of hydrogen-bond acceptors (Lipinski definition) is 2. The van der Waals surface area contributed by atoms with Crippen molar-refractivity contribution in [3.05, 3.63) is 94.0 Å². The van der Waals surface area contributed by atoms with Crippen molar-refractivity contribution >= 4 is 22.5 Å². The number of halogens is 3. The van der Waals surface area contributed by atoms with E-state index in [4.69, 9.17) is 11.6 Å². The Bertz CT molecular complexity index is 1170. The lowest BCUT2D eigenvalue weighted by Gasteiger charge is -2.14. The second-order valence-electron chi connectivity index (χ2n) is 5.70. The van der Waals surface area contributed by atoms with Crippen molar-refractivity contribution in [3.63, 3.8) is 0 Å². The molecule has 128 valence electrons. The van der Waals surface area contributed by atoms with E-state index >= 15 is 0 Å². The summed E-state index contributed by atoms with van der Waals surface area (Å²) in [5.41, 5.74) is 0.0696. The topological polar surface area (TPSA) is 34.9 Å². The third-order valence-corrected chi connectivity index (χ3v) is 4.31. The SMILES string of the molecule is O=c1c(-c2c(F)cccc2F)cc2cnc(Cl)cc2n1-c1ccccc1. The normalized spacial score (nSPS) is 11.0. The van der Waals surface area contributed by atoms with Gasteiger partial charge in [-0.3, -0.25) is 9.36 Å². The molecule has 3 nitrogen and oxygen atoms in total. The first kappa shape index (κ1) is 16.4. The van der Waals surface area contributed by atoms with Crippen molar-refractivity contribution < 1.29 is 8.78 Å². The van der Waals surface area contributed by atoms with Crippen LogP contribution < -0.4 is 5.56 Å². The van der Waals surface area contributed by atoms with E-state index in [9.17, 15) is 13.6 Å². The summed E-state index contributed by atoms with van der Waals surface area (Å²) in [5.74, 6) is -1.61. The molecule has 0 unspecified atom stereocenters. The summed E-state index contributed by atoms with van der Waals surface area (Å²) in [7, 11) is 0. The third-order valence-electron chi connectivity index (χ3n) is 4.10. The summed E-state index contributed by atoms with van der Waals surface area (Å²) < 4.78 is 30.0. The van der Waals surface area contributed by atoms with Gasteiger partial charge >= 0.3 is 0 Å². The van der Waals surface area contributed by atoms with Crippen molar-refractivity contribution in [3.8, 4) is 16.8 Å². The molecule has 6 heteroatoms. The zero-order chi connectivity index (χ0) is 18.3. The Morgan fingerprint density at radius 1 is 0.923 bits per heavy atom. The van der Waals surface area contributed by atoms with Crippen LogP contribution in [0.5, 0.6) is 0 Å². The molecule has 0 N–H and O–H groups in total. The summed E-state index contributed by atoms with van der Waals surface area (Å²) in [4.78, 5) is 17.2. The highest BCUT2D eigenvalue weighted by atomic mass is 35.5. The van der Waals surface area contributed by atoms with Gasteiger partial charge in [0.2, 0.25) is 0 Å². The van der Waals surface area contributed by atoms with Crippen LogP contribution >= 0.6 is 11.6 Å². The van der Waals surface area contributed by atoms with E-state index in [1.807, 2.05) is 6.07 Å². The number of rotatable bonds is 2. The van der Waals surface area contributed by atoms with Gasteiger partial charge in [-0.1, -0.05) is 35.9 Å². The summed E-state index contributed by atoms with van der Waals surface area (Å²) in [6.45, 7) is 0. The molecule has 0 aliphatic heterocycles. The second kappa shape index (κ2) is 6.35. The molecule has 2 heterocycles. The molecule has 0 spiro atoms. The fraction of sp³-hybridized carbons (Fsp3) is 0. The van der Waals surface area contributed by atoms with Gasteiger partial charge in [0.05, 0.1) is 16.6 Å². The highest BCUT2D eigenvalue weighted by Gasteiger charge is 2.19. The van der Waals surface area contributed by atoms with Gasteiger partial charge in [-0.2, -0.15) is 0 Å². The maximum atomic E-state index is 14.3. The van der Waals surface area contributed by atoms with Crippen LogP contribution in [-0.4, -0.2) is 9.55 Å². The maximum Gasteiger partial charge on any atom is 0.263 e. The molecule has 0 bridgehead atoms. The molecule has 0 saturated carbocycles. The minimum atomic E-state index is -0.803. The number of nitrogens with zero attached hydrogens (tertiary/aromatic N) is 2. The molecular weight excluding hydrogens is 358 g/mol. The smallest absolute Gasteiger partial charge is 0.263 e. The van der Waals surface area contributed by atoms with E-state index in [0.717, 1.165) is 12.1 Å².